The van der Waals surface area contributed by atoms with Crippen molar-refractivity contribution in [3.8, 4) is 0 Å². The summed E-state index contributed by atoms with van der Waals surface area (Å²) in [7, 11) is 0. The number of nitrogens with one attached hydrogen (secondary N) is 1. The van der Waals surface area contributed by atoms with Crippen LogP contribution in [0.4, 0.5) is 5.69 Å². The van der Waals surface area contributed by atoms with E-state index in [4.69, 9.17) is 0 Å². The van der Waals surface area contributed by atoms with Crippen molar-refractivity contribution in [3.05, 3.63) is 54.4 Å². The molecule has 1 unspecified atom stereocenters. The van der Waals surface area contributed by atoms with Gasteiger partial charge < -0.3 is 9.80 Å². The molecule has 3 aliphatic rings. The Labute approximate surface area is 176 Å². The molecule has 152 valence electrons. The van der Waals surface area contributed by atoms with Gasteiger partial charge in [0, 0.05) is 54.7 Å². The smallest absolute Gasteiger partial charge is 0.239 e. The van der Waals surface area contributed by atoms with Gasteiger partial charge in [0.15, 0.2) is 0 Å². The molecule has 6 nitrogen and oxygen atoms in total. The Kier molecular flexibility index (Phi) is 4.97. The van der Waals surface area contributed by atoms with Crippen LogP contribution in [0.15, 0.2) is 53.7 Å². The zero-order chi connectivity index (χ0) is 19.8. The molecule has 1 aromatic carbocycles. The van der Waals surface area contributed by atoms with Crippen LogP contribution in [0.2, 0.25) is 0 Å². The van der Waals surface area contributed by atoms with Gasteiger partial charge in [-0.2, -0.15) is 0 Å². The van der Waals surface area contributed by atoms with Gasteiger partial charge in [-0.1, -0.05) is 17.7 Å². The van der Waals surface area contributed by atoms with Crippen LogP contribution in [-0.4, -0.2) is 64.5 Å². The fourth-order valence-electron chi connectivity index (χ4n) is 4.69. The van der Waals surface area contributed by atoms with Crippen LogP contribution in [0.1, 0.15) is 18.4 Å². The standard InChI is InChI=1S/C22H27N5OS/c1-17-2-4-19(5-3-17)29-26-14-20-24-22(16-27(20)21(28)15-26)8-12-25(13-9-22)18-6-10-23-11-7-18/h2-7,10-11,20,24H,8-9,12-16H2,1H3. The van der Waals surface area contributed by atoms with Gasteiger partial charge in [0.1, 0.15) is 0 Å². The Bertz CT molecular complexity index is 867. The van der Waals surface area contributed by atoms with Crippen molar-refractivity contribution in [1.29, 1.82) is 0 Å². The number of pyridine rings is 1. The number of benzene rings is 1. The van der Waals surface area contributed by atoms with E-state index in [1.54, 1.807) is 11.9 Å². The molecule has 1 amide bonds. The first-order valence-corrected chi connectivity index (χ1v) is 11.1. The zero-order valence-electron chi connectivity index (χ0n) is 16.8. The second kappa shape index (κ2) is 7.63. The van der Waals surface area contributed by atoms with Crippen LogP contribution in [0.5, 0.6) is 0 Å². The summed E-state index contributed by atoms with van der Waals surface area (Å²) in [5.41, 5.74) is 2.55. The first-order valence-electron chi connectivity index (χ1n) is 10.3. The Hall–Kier alpha value is -2.09. The van der Waals surface area contributed by atoms with Crippen molar-refractivity contribution in [1.82, 2.24) is 19.5 Å². The molecule has 3 saturated heterocycles. The summed E-state index contributed by atoms with van der Waals surface area (Å²) >= 11 is 1.69. The quantitative estimate of drug-likeness (QED) is 0.787. The number of carbonyl (C=O) groups excluding carboxylic acids is 1. The van der Waals surface area contributed by atoms with Crippen molar-refractivity contribution in [2.45, 2.75) is 36.4 Å². The minimum atomic E-state index is 0.0500. The van der Waals surface area contributed by atoms with E-state index in [0.717, 1.165) is 39.0 Å². The predicted octanol–water partition coefficient (Wildman–Crippen LogP) is 2.51. The van der Waals surface area contributed by atoms with E-state index >= 15 is 0 Å². The van der Waals surface area contributed by atoms with Gasteiger partial charge >= 0.3 is 0 Å². The maximum absolute atomic E-state index is 12.9. The monoisotopic (exact) mass is 409 g/mol. The van der Waals surface area contributed by atoms with Gasteiger partial charge in [-0.15, -0.1) is 0 Å². The van der Waals surface area contributed by atoms with Crippen molar-refractivity contribution in [3.63, 3.8) is 0 Å². The van der Waals surface area contributed by atoms with Gasteiger partial charge in [-0.05, 0) is 56.0 Å². The van der Waals surface area contributed by atoms with Crippen molar-refractivity contribution < 1.29 is 4.79 Å². The predicted molar refractivity (Wildman–Crippen MR) is 116 cm³/mol. The van der Waals surface area contributed by atoms with E-state index in [-0.39, 0.29) is 17.6 Å². The Morgan fingerprint density at radius 3 is 2.55 bits per heavy atom. The van der Waals surface area contributed by atoms with Gasteiger partial charge in [0.2, 0.25) is 5.91 Å². The van der Waals surface area contributed by atoms with Crippen LogP contribution in [-0.2, 0) is 4.79 Å². The normalized spacial score (nSPS) is 24.2. The molecular weight excluding hydrogens is 382 g/mol. The summed E-state index contributed by atoms with van der Waals surface area (Å²) in [6, 6.07) is 12.7. The molecule has 3 aliphatic heterocycles. The number of anilines is 1. The number of carbonyl (C=O) groups is 1. The fourth-order valence-corrected chi connectivity index (χ4v) is 5.63. The lowest BCUT2D eigenvalue weighted by molar-refractivity contribution is -0.135. The summed E-state index contributed by atoms with van der Waals surface area (Å²) in [6.45, 7) is 6.29. The number of aromatic nitrogens is 1. The topological polar surface area (TPSA) is 51.7 Å². The molecule has 4 heterocycles. The highest BCUT2D eigenvalue weighted by atomic mass is 32.2. The largest absolute Gasteiger partial charge is 0.371 e. The molecule has 0 aliphatic carbocycles. The minimum Gasteiger partial charge on any atom is -0.371 e. The van der Waals surface area contributed by atoms with Crippen molar-refractivity contribution in [2.24, 2.45) is 0 Å². The van der Waals surface area contributed by atoms with Crippen LogP contribution in [0.25, 0.3) is 0 Å². The Morgan fingerprint density at radius 2 is 1.83 bits per heavy atom. The highest BCUT2D eigenvalue weighted by Crippen LogP contribution is 2.35. The third-order valence-corrected chi connectivity index (χ3v) is 7.35. The SMILES string of the molecule is Cc1ccc(SN2CC(=O)N3CC4(CCN(c5ccncc5)CC4)NC3C2)cc1. The number of rotatable bonds is 3. The molecule has 5 rings (SSSR count). The average molecular weight is 410 g/mol. The van der Waals surface area contributed by atoms with E-state index in [0.29, 0.717) is 6.54 Å². The van der Waals surface area contributed by atoms with E-state index in [1.165, 1.54) is 16.1 Å². The summed E-state index contributed by atoms with van der Waals surface area (Å²) in [4.78, 5) is 22.7. The van der Waals surface area contributed by atoms with Gasteiger partial charge in [0.25, 0.3) is 0 Å². The molecule has 2 aromatic rings. The number of hydrogen-bond donors (Lipinski definition) is 1. The summed E-state index contributed by atoms with van der Waals surface area (Å²) in [6.07, 6.45) is 5.93. The van der Waals surface area contributed by atoms with Crippen molar-refractivity contribution >= 4 is 23.5 Å². The minimum absolute atomic E-state index is 0.0500. The molecule has 1 spiro atoms. The van der Waals surface area contributed by atoms with Crippen LogP contribution in [0, 0.1) is 6.92 Å². The van der Waals surface area contributed by atoms with E-state index in [1.807, 2.05) is 12.4 Å². The Morgan fingerprint density at radius 1 is 1.10 bits per heavy atom. The molecule has 0 radical (unpaired) electrons. The number of piperazine rings is 1. The first-order chi connectivity index (χ1) is 14.1. The van der Waals surface area contributed by atoms with Gasteiger partial charge in [0.05, 0.1) is 12.7 Å². The second-order valence-electron chi connectivity index (χ2n) is 8.38. The number of aryl methyl sites for hydroxylation is 1. The van der Waals surface area contributed by atoms with Crippen LogP contribution >= 0.6 is 11.9 Å². The number of fused-ring (bicyclic) bond motifs is 1. The molecular formula is C22H27N5OS. The molecule has 7 heteroatoms. The van der Waals surface area contributed by atoms with Crippen molar-refractivity contribution in [2.75, 3.05) is 37.6 Å². The Balaban J connectivity index is 1.22. The maximum Gasteiger partial charge on any atom is 0.239 e. The van der Waals surface area contributed by atoms with E-state index in [2.05, 4.69) is 67.7 Å². The highest BCUT2D eigenvalue weighted by Gasteiger charge is 2.49. The number of amides is 1. The lowest BCUT2D eigenvalue weighted by atomic mass is 9.88. The number of piperidine rings is 1. The van der Waals surface area contributed by atoms with Gasteiger partial charge in [-0.3, -0.25) is 15.1 Å². The second-order valence-corrected chi connectivity index (χ2v) is 9.55. The molecule has 29 heavy (non-hydrogen) atoms. The molecule has 3 fully saturated rings. The third-order valence-electron chi connectivity index (χ3n) is 6.33. The van der Waals surface area contributed by atoms with Crippen LogP contribution < -0.4 is 10.2 Å². The zero-order valence-corrected chi connectivity index (χ0v) is 17.6. The molecule has 1 atom stereocenters. The summed E-state index contributed by atoms with van der Waals surface area (Å²) in [5, 5.41) is 3.85. The molecule has 0 saturated carbocycles. The summed E-state index contributed by atoms with van der Waals surface area (Å²) in [5.74, 6) is 0.238. The molecule has 0 bridgehead atoms. The molecule has 1 aromatic heterocycles. The van der Waals surface area contributed by atoms with Gasteiger partial charge in [-0.25, -0.2) is 4.31 Å². The maximum atomic E-state index is 12.9. The molecule has 1 N–H and O–H groups in total. The summed E-state index contributed by atoms with van der Waals surface area (Å²) < 4.78 is 2.20. The lowest BCUT2D eigenvalue weighted by Crippen LogP contribution is -2.56. The van der Waals surface area contributed by atoms with E-state index in [9.17, 15) is 4.79 Å². The van der Waals surface area contributed by atoms with Crippen LogP contribution in [0.3, 0.4) is 0 Å². The number of nitrogens with zero attached hydrogens (tertiary/aromatic N) is 4. The third kappa shape index (κ3) is 3.86. The highest BCUT2D eigenvalue weighted by molar-refractivity contribution is 7.97. The van der Waals surface area contributed by atoms with E-state index < -0.39 is 0 Å². The average Bonchev–Trinajstić information content (AvgIpc) is 3.09. The lowest BCUT2D eigenvalue weighted by Gasteiger charge is -2.40. The first kappa shape index (κ1) is 18.9. The fraction of sp³-hybridized carbons (Fsp3) is 0.455. The number of hydrogen-bond acceptors (Lipinski definition) is 6.